The smallest absolute Gasteiger partial charge is 0.287 e. The normalized spacial score (nSPS) is 11.2. The zero-order valence-corrected chi connectivity index (χ0v) is 19.5. The molecular weight excluding hydrogens is 428 g/mol. The molecule has 0 bridgehead atoms. The topological polar surface area (TPSA) is 83.0 Å². The first-order chi connectivity index (χ1) is 16.5. The maximum atomic E-state index is 12.9. The molecule has 3 aromatic rings. The van der Waals surface area contributed by atoms with Gasteiger partial charge in [0.1, 0.15) is 11.4 Å². The largest absolute Gasteiger partial charge is 0.494 e. The zero-order chi connectivity index (χ0) is 24.3. The third kappa shape index (κ3) is 7.06. The Morgan fingerprint density at radius 2 is 1.56 bits per heavy atom. The molecule has 3 aromatic carbocycles. The van der Waals surface area contributed by atoms with Crippen molar-refractivity contribution in [3.05, 3.63) is 101 Å². The van der Waals surface area contributed by atoms with Crippen LogP contribution in [0.1, 0.15) is 28.4 Å². The van der Waals surface area contributed by atoms with Crippen LogP contribution in [0.2, 0.25) is 0 Å². The van der Waals surface area contributed by atoms with Gasteiger partial charge in [0.05, 0.1) is 12.8 Å². The van der Waals surface area contributed by atoms with Crippen molar-refractivity contribution in [3.8, 4) is 5.75 Å². The molecule has 0 heterocycles. The molecule has 0 aromatic heterocycles. The van der Waals surface area contributed by atoms with E-state index in [0.717, 1.165) is 22.6 Å². The van der Waals surface area contributed by atoms with Gasteiger partial charge in [-0.1, -0.05) is 30.3 Å². The molecule has 0 aliphatic rings. The van der Waals surface area contributed by atoms with Gasteiger partial charge in [-0.15, -0.1) is 0 Å². The maximum Gasteiger partial charge on any atom is 0.287 e. The third-order valence-corrected chi connectivity index (χ3v) is 4.82. The van der Waals surface area contributed by atoms with Crippen LogP contribution >= 0.6 is 0 Å². The van der Waals surface area contributed by atoms with Crippen LogP contribution in [0.5, 0.6) is 5.75 Å². The zero-order valence-electron chi connectivity index (χ0n) is 19.5. The highest BCUT2D eigenvalue weighted by molar-refractivity contribution is 6.05. The Kier molecular flexibility index (Phi) is 8.57. The van der Waals surface area contributed by atoms with Crippen molar-refractivity contribution in [2.24, 2.45) is 5.10 Å². The number of nitrogens with zero attached hydrogens (tertiary/aromatic N) is 2. The lowest BCUT2D eigenvalue weighted by atomic mass is 10.1. The number of hydrogen-bond acceptors (Lipinski definition) is 5. The first-order valence-corrected chi connectivity index (χ1v) is 10.9. The first-order valence-electron chi connectivity index (χ1n) is 10.9. The number of hydrogen-bond donors (Lipinski definition) is 2. The van der Waals surface area contributed by atoms with Crippen LogP contribution in [0.3, 0.4) is 0 Å². The molecule has 0 radical (unpaired) electrons. The van der Waals surface area contributed by atoms with Gasteiger partial charge in [-0.2, -0.15) is 5.10 Å². The molecule has 2 amide bonds. The van der Waals surface area contributed by atoms with Crippen molar-refractivity contribution < 1.29 is 14.3 Å². The number of hydrazone groups is 1. The Labute approximate surface area is 199 Å². The Morgan fingerprint density at radius 3 is 2.18 bits per heavy atom. The summed E-state index contributed by atoms with van der Waals surface area (Å²) < 4.78 is 5.42. The number of anilines is 1. The Bertz CT molecular complexity index is 1150. The van der Waals surface area contributed by atoms with Crippen LogP contribution in [0.15, 0.2) is 89.7 Å². The molecule has 0 spiro atoms. The Hall–Kier alpha value is -4.39. The van der Waals surface area contributed by atoms with Gasteiger partial charge < -0.3 is 15.0 Å². The highest BCUT2D eigenvalue weighted by Crippen LogP contribution is 2.15. The number of ether oxygens (including phenoxy) is 1. The highest BCUT2D eigenvalue weighted by atomic mass is 16.5. The van der Waals surface area contributed by atoms with Crippen LogP contribution < -0.4 is 20.4 Å². The molecule has 34 heavy (non-hydrogen) atoms. The van der Waals surface area contributed by atoms with E-state index < -0.39 is 5.91 Å². The summed E-state index contributed by atoms with van der Waals surface area (Å²) in [6.45, 7) is 2.51. The summed E-state index contributed by atoms with van der Waals surface area (Å²) in [7, 11) is 3.90. The lowest BCUT2D eigenvalue weighted by Crippen LogP contribution is -2.32. The number of carbonyl (C=O) groups excluding carboxylic acids is 2. The third-order valence-electron chi connectivity index (χ3n) is 4.82. The molecule has 3 rings (SSSR count). The molecule has 174 valence electrons. The van der Waals surface area contributed by atoms with Gasteiger partial charge in [0.2, 0.25) is 0 Å². The van der Waals surface area contributed by atoms with E-state index in [0.29, 0.717) is 12.2 Å². The number of benzene rings is 3. The fraction of sp³-hybridized carbons (Fsp3) is 0.148. The van der Waals surface area contributed by atoms with E-state index >= 15 is 0 Å². The molecule has 0 unspecified atom stereocenters. The standard InChI is InChI=1S/C27H28N4O3/c1-4-34-24-16-12-21(13-17-24)19-28-30-27(33)25(29-26(32)22-8-6-5-7-9-22)18-20-10-14-23(15-11-20)31(2)3/h5-19H,4H2,1-3H3,(H,29,32)(H,30,33)/b25-18+,28-19-. The molecule has 0 saturated heterocycles. The van der Waals surface area contributed by atoms with E-state index in [1.54, 1.807) is 30.3 Å². The summed E-state index contributed by atoms with van der Waals surface area (Å²) in [6, 6.07) is 23.7. The van der Waals surface area contributed by atoms with Crippen LogP contribution in [0.25, 0.3) is 6.08 Å². The molecule has 0 aliphatic carbocycles. The van der Waals surface area contributed by atoms with Gasteiger partial charge >= 0.3 is 0 Å². The fourth-order valence-electron chi connectivity index (χ4n) is 3.02. The van der Waals surface area contributed by atoms with E-state index in [-0.39, 0.29) is 11.6 Å². The Morgan fingerprint density at radius 1 is 0.912 bits per heavy atom. The second kappa shape index (κ2) is 12.0. The molecule has 0 fully saturated rings. The van der Waals surface area contributed by atoms with Gasteiger partial charge in [-0.3, -0.25) is 9.59 Å². The minimum Gasteiger partial charge on any atom is -0.494 e. The van der Waals surface area contributed by atoms with Crippen LogP contribution in [-0.4, -0.2) is 38.7 Å². The van der Waals surface area contributed by atoms with Crippen molar-refractivity contribution in [1.82, 2.24) is 10.7 Å². The summed E-state index contributed by atoms with van der Waals surface area (Å²) in [6.07, 6.45) is 3.14. The second-order valence-corrected chi connectivity index (χ2v) is 7.57. The highest BCUT2D eigenvalue weighted by Gasteiger charge is 2.14. The summed E-state index contributed by atoms with van der Waals surface area (Å²) in [5.74, 6) is -0.164. The lowest BCUT2D eigenvalue weighted by Gasteiger charge is -2.12. The predicted molar refractivity (Wildman–Crippen MR) is 136 cm³/mol. The summed E-state index contributed by atoms with van der Waals surface area (Å²) in [5, 5.41) is 6.73. The number of nitrogens with one attached hydrogen (secondary N) is 2. The molecule has 2 N–H and O–H groups in total. The van der Waals surface area contributed by atoms with E-state index in [1.165, 1.54) is 6.21 Å². The fourth-order valence-corrected chi connectivity index (χ4v) is 3.02. The average Bonchev–Trinajstić information content (AvgIpc) is 2.85. The monoisotopic (exact) mass is 456 g/mol. The van der Waals surface area contributed by atoms with Crippen molar-refractivity contribution >= 4 is 29.8 Å². The predicted octanol–water partition coefficient (Wildman–Crippen LogP) is 4.07. The Balaban J connectivity index is 1.77. The van der Waals surface area contributed by atoms with Gasteiger partial charge in [-0.05, 0) is 72.7 Å². The summed E-state index contributed by atoms with van der Waals surface area (Å²) >= 11 is 0. The van der Waals surface area contributed by atoms with Crippen LogP contribution in [-0.2, 0) is 4.79 Å². The maximum absolute atomic E-state index is 12.9. The first kappa shape index (κ1) is 24.3. The van der Waals surface area contributed by atoms with E-state index in [1.807, 2.05) is 80.5 Å². The molecule has 7 nitrogen and oxygen atoms in total. The van der Waals surface area contributed by atoms with E-state index in [2.05, 4.69) is 15.8 Å². The summed E-state index contributed by atoms with van der Waals surface area (Å²) in [4.78, 5) is 27.5. The SMILES string of the molecule is CCOc1ccc(/C=N\NC(=O)/C(=C\c2ccc(N(C)C)cc2)NC(=O)c2ccccc2)cc1. The molecule has 0 atom stereocenters. The summed E-state index contributed by atoms with van der Waals surface area (Å²) in [5.41, 5.74) is 5.59. The second-order valence-electron chi connectivity index (χ2n) is 7.57. The van der Waals surface area contributed by atoms with Crippen molar-refractivity contribution in [3.63, 3.8) is 0 Å². The molecule has 0 aliphatic heterocycles. The van der Waals surface area contributed by atoms with Gasteiger partial charge in [0.15, 0.2) is 0 Å². The molecular formula is C27H28N4O3. The minimum absolute atomic E-state index is 0.0790. The molecule has 0 saturated carbocycles. The van der Waals surface area contributed by atoms with Gasteiger partial charge in [0.25, 0.3) is 11.8 Å². The average molecular weight is 457 g/mol. The van der Waals surface area contributed by atoms with Gasteiger partial charge in [0, 0.05) is 25.3 Å². The van der Waals surface area contributed by atoms with Crippen LogP contribution in [0, 0.1) is 0 Å². The van der Waals surface area contributed by atoms with Crippen LogP contribution in [0.4, 0.5) is 5.69 Å². The van der Waals surface area contributed by atoms with E-state index in [9.17, 15) is 9.59 Å². The van der Waals surface area contributed by atoms with E-state index in [4.69, 9.17) is 4.74 Å². The van der Waals surface area contributed by atoms with Crippen molar-refractivity contribution in [2.75, 3.05) is 25.6 Å². The molecule has 7 heteroatoms. The quantitative estimate of drug-likeness (QED) is 0.289. The number of carbonyl (C=O) groups is 2. The van der Waals surface area contributed by atoms with Gasteiger partial charge in [-0.25, -0.2) is 5.43 Å². The minimum atomic E-state index is -0.539. The van der Waals surface area contributed by atoms with Crippen molar-refractivity contribution in [2.45, 2.75) is 6.92 Å². The van der Waals surface area contributed by atoms with Crippen molar-refractivity contribution in [1.29, 1.82) is 0 Å². The lowest BCUT2D eigenvalue weighted by molar-refractivity contribution is -0.117. The number of rotatable bonds is 9. The number of amides is 2.